The fourth-order valence-electron chi connectivity index (χ4n) is 3.88. The Morgan fingerprint density at radius 3 is 2.27 bits per heavy atom. The van der Waals surface area contributed by atoms with Crippen molar-refractivity contribution in [2.75, 3.05) is 21.2 Å². The first kappa shape index (κ1) is 23.4. The molecule has 30 heavy (non-hydrogen) atoms. The van der Waals surface area contributed by atoms with E-state index in [0.717, 1.165) is 37.7 Å². The van der Waals surface area contributed by atoms with Crippen LogP contribution in [0.1, 0.15) is 43.2 Å². The molecule has 1 aliphatic rings. The number of nitrogen functional groups attached to an aromatic ring is 1. The quantitative estimate of drug-likeness (QED) is 0.256. The Morgan fingerprint density at radius 1 is 1.17 bits per heavy atom. The van der Waals surface area contributed by atoms with Gasteiger partial charge in [0.2, 0.25) is 11.8 Å². The van der Waals surface area contributed by atoms with Gasteiger partial charge in [0.25, 0.3) is 0 Å². The van der Waals surface area contributed by atoms with Crippen LogP contribution in [0.3, 0.4) is 0 Å². The first-order valence-electron chi connectivity index (χ1n) is 10.3. The molecule has 1 fully saturated rings. The minimum atomic E-state index is -0.973. The number of ether oxygens (including phenoxy) is 1. The first-order valence-corrected chi connectivity index (χ1v) is 10.3. The molecule has 0 unspecified atom stereocenters. The monoisotopic (exact) mass is 416 g/mol. The number of amidine groups is 1. The van der Waals surface area contributed by atoms with Gasteiger partial charge in [-0.15, -0.1) is 0 Å². The van der Waals surface area contributed by atoms with Crippen LogP contribution in [0.4, 0.5) is 0 Å². The number of amides is 2. The molecule has 0 aliphatic heterocycles. The number of rotatable bonds is 8. The Hall–Kier alpha value is -2.90. The van der Waals surface area contributed by atoms with Crippen LogP contribution in [0.5, 0.6) is 0 Å². The Labute approximate surface area is 177 Å². The molecule has 0 heterocycles. The number of hydrogen-bond acceptors (Lipinski definition) is 5. The maximum Gasteiger partial charge on any atom is 0.328 e. The SMILES string of the molecule is COC(=O)[C@@H](NC(=O)[C@@H](Cc1ccc(C(=N)N)cc1)C(=O)N(C)C)C1CCCCC1. The van der Waals surface area contributed by atoms with Crippen LogP contribution in [-0.2, 0) is 25.5 Å². The Kier molecular flexibility index (Phi) is 8.38. The lowest BCUT2D eigenvalue weighted by Gasteiger charge is -2.30. The zero-order valence-electron chi connectivity index (χ0n) is 17.9. The largest absolute Gasteiger partial charge is 0.467 e. The second kappa shape index (κ2) is 10.8. The van der Waals surface area contributed by atoms with Crippen LogP contribution in [0.25, 0.3) is 0 Å². The smallest absolute Gasteiger partial charge is 0.328 e. The van der Waals surface area contributed by atoms with Crippen molar-refractivity contribution >= 4 is 23.6 Å². The highest BCUT2D eigenvalue weighted by Crippen LogP contribution is 2.27. The second-order valence-corrected chi connectivity index (χ2v) is 8.01. The molecular formula is C22H32N4O4. The van der Waals surface area contributed by atoms with Crippen LogP contribution in [-0.4, -0.2) is 55.8 Å². The summed E-state index contributed by atoms with van der Waals surface area (Å²) in [5.74, 6) is -2.30. The maximum absolute atomic E-state index is 13.1. The van der Waals surface area contributed by atoms with Crippen molar-refractivity contribution in [2.45, 2.75) is 44.6 Å². The molecule has 0 spiro atoms. The molecular weight excluding hydrogens is 384 g/mol. The number of nitrogens with two attached hydrogens (primary N) is 1. The summed E-state index contributed by atoms with van der Waals surface area (Å²) in [5.41, 5.74) is 6.82. The third kappa shape index (κ3) is 6.05. The number of nitrogens with one attached hydrogen (secondary N) is 2. The summed E-state index contributed by atoms with van der Waals surface area (Å²) in [5, 5.41) is 10.3. The van der Waals surface area contributed by atoms with Gasteiger partial charge in [-0.25, -0.2) is 4.79 Å². The van der Waals surface area contributed by atoms with Crippen LogP contribution in [0, 0.1) is 17.2 Å². The topological polar surface area (TPSA) is 126 Å². The van der Waals surface area contributed by atoms with E-state index >= 15 is 0 Å². The van der Waals surface area contributed by atoms with Gasteiger partial charge in [-0.05, 0) is 30.7 Å². The number of benzene rings is 1. The third-order valence-corrected chi connectivity index (χ3v) is 5.63. The van der Waals surface area contributed by atoms with Crippen molar-refractivity contribution in [1.82, 2.24) is 10.2 Å². The van der Waals surface area contributed by atoms with E-state index < -0.39 is 23.8 Å². The van der Waals surface area contributed by atoms with E-state index in [2.05, 4.69) is 5.32 Å². The minimum absolute atomic E-state index is 0.0140. The molecule has 8 heteroatoms. The summed E-state index contributed by atoms with van der Waals surface area (Å²) in [6, 6.07) is 6.12. The molecule has 2 rings (SSSR count). The molecule has 0 aromatic heterocycles. The van der Waals surface area contributed by atoms with Crippen molar-refractivity contribution in [3.8, 4) is 0 Å². The van der Waals surface area contributed by atoms with Crippen LogP contribution in [0.2, 0.25) is 0 Å². The van der Waals surface area contributed by atoms with Crippen molar-refractivity contribution in [3.05, 3.63) is 35.4 Å². The second-order valence-electron chi connectivity index (χ2n) is 8.01. The Morgan fingerprint density at radius 2 is 1.77 bits per heavy atom. The van der Waals surface area contributed by atoms with E-state index in [1.54, 1.807) is 38.4 Å². The van der Waals surface area contributed by atoms with Gasteiger partial charge in [-0.3, -0.25) is 15.0 Å². The molecule has 2 atom stereocenters. The summed E-state index contributed by atoms with van der Waals surface area (Å²) in [6.07, 6.45) is 5.01. The number of hydrogen-bond donors (Lipinski definition) is 3. The molecule has 1 aromatic carbocycles. The Balaban J connectivity index is 2.21. The molecule has 1 aromatic rings. The summed E-state index contributed by atoms with van der Waals surface area (Å²) in [7, 11) is 4.50. The van der Waals surface area contributed by atoms with Crippen LogP contribution >= 0.6 is 0 Å². The van der Waals surface area contributed by atoms with Crippen molar-refractivity contribution in [1.29, 1.82) is 5.41 Å². The van der Waals surface area contributed by atoms with Gasteiger partial charge < -0.3 is 20.7 Å². The van der Waals surface area contributed by atoms with Crippen LogP contribution in [0.15, 0.2) is 24.3 Å². The number of carbonyl (C=O) groups excluding carboxylic acids is 3. The van der Waals surface area contributed by atoms with Gasteiger partial charge in [0.1, 0.15) is 17.8 Å². The zero-order valence-corrected chi connectivity index (χ0v) is 17.9. The average Bonchev–Trinajstić information content (AvgIpc) is 2.75. The van der Waals surface area contributed by atoms with Crippen molar-refractivity contribution in [3.63, 3.8) is 0 Å². The summed E-state index contributed by atoms with van der Waals surface area (Å²) < 4.78 is 4.93. The van der Waals surface area contributed by atoms with E-state index in [4.69, 9.17) is 15.9 Å². The van der Waals surface area contributed by atoms with E-state index in [1.165, 1.54) is 12.0 Å². The third-order valence-electron chi connectivity index (χ3n) is 5.63. The molecule has 0 radical (unpaired) electrons. The average molecular weight is 417 g/mol. The normalized spacial score (nSPS) is 16.2. The van der Waals surface area contributed by atoms with Gasteiger partial charge in [-0.2, -0.15) is 0 Å². The Bertz CT molecular complexity index is 770. The lowest BCUT2D eigenvalue weighted by atomic mass is 9.83. The molecule has 0 bridgehead atoms. The van der Waals surface area contributed by atoms with Gasteiger partial charge in [0.05, 0.1) is 7.11 Å². The van der Waals surface area contributed by atoms with E-state index in [0.29, 0.717) is 5.56 Å². The minimum Gasteiger partial charge on any atom is -0.467 e. The highest BCUT2D eigenvalue weighted by molar-refractivity contribution is 6.01. The molecule has 8 nitrogen and oxygen atoms in total. The molecule has 0 saturated heterocycles. The van der Waals surface area contributed by atoms with E-state index in [1.807, 2.05) is 0 Å². The number of esters is 1. The predicted molar refractivity (Wildman–Crippen MR) is 114 cm³/mol. The summed E-state index contributed by atoms with van der Waals surface area (Å²) in [6.45, 7) is 0. The molecule has 2 amide bonds. The molecule has 1 saturated carbocycles. The first-order chi connectivity index (χ1) is 14.2. The van der Waals surface area contributed by atoms with Crippen molar-refractivity contribution in [2.24, 2.45) is 17.6 Å². The molecule has 164 valence electrons. The number of carbonyl (C=O) groups is 3. The van der Waals surface area contributed by atoms with E-state index in [-0.39, 0.29) is 24.1 Å². The van der Waals surface area contributed by atoms with Gasteiger partial charge in [0.15, 0.2) is 0 Å². The number of methoxy groups -OCH3 is 1. The fourth-order valence-corrected chi connectivity index (χ4v) is 3.88. The summed E-state index contributed by atoms with van der Waals surface area (Å²) in [4.78, 5) is 39.6. The zero-order chi connectivity index (χ0) is 22.3. The van der Waals surface area contributed by atoms with E-state index in [9.17, 15) is 14.4 Å². The van der Waals surface area contributed by atoms with Crippen LogP contribution < -0.4 is 11.1 Å². The fraction of sp³-hybridized carbons (Fsp3) is 0.545. The highest BCUT2D eigenvalue weighted by atomic mass is 16.5. The lowest BCUT2D eigenvalue weighted by Crippen LogP contribution is -2.51. The van der Waals surface area contributed by atoms with Crippen molar-refractivity contribution < 1.29 is 19.1 Å². The van der Waals surface area contributed by atoms with Gasteiger partial charge in [0, 0.05) is 19.7 Å². The molecule has 1 aliphatic carbocycles. The molecule has 4 N–H and O–H groups in total. The lowest BCUT2D eigenvalue weighted by molar-refractivity contribution is -0.149. The maximum atomic E-state index is 13.1. The predicted octanol–water partition coefficient (Wildman–Crippen LogP) is 1.46. The number of nitrogens with zero attached hydrogens (tertiary/aromatic N) is 1. The summed E-state index contributed by atoms with van der Waals surface area (Å²) >= 11 is 0. The van der Waals surface area contributed by atoms with Gasteiger partial charge in [-0.1, -0.05) is 43.5 Å². The standard InChI is InChI=1S/C22H32N4O4/c1-26(2)21(28)17(13-14-9-11-16(12-10-14)19(23)24)20(27)25-18(22(29)30-3)15-7-5-4-6-8-15/h9-12,15,17-18H,4-8,13H2,1-3H3,(H3,23,24)(H,25,27)/t17-,18+/m1/s1. The highest BCUT2D eigenvalue weighted by Gasteiger charge is 2.36. The van der Waals surface area contributed by atoms with Gasteiger partial charge >= 0.3 is 5.97 Å².